The molecule has 0 bridgehead atoms. The molecule has 2 aromatic carbocycles. The Hall–Kier alpha value is -2.28. The van der Waals surface area contributed by atoms with Crippen LogP contribution in [0.5, 0.6) is 5.75 Å². The number of methoxy groups -OCH3 is 1. The maximum atomic E-state index is 12.5. The standard InChI is InChI=1S/C20H17Cl2N3O2S/c1-3-10-25-19(13-4-7-15(21)8-5-13)23-24-20(25)28-12-17(26)14-6-9-18(27-2)16(22)11-14/h3-9,11H,1,10,12H2,2H3. The third kappa shape index (κ3) is 4.58. The molecule has 0 aliphatic heterocycles. The molecule has 0 unspecified atom stereocenters. The summed E-state index contributed by atoms with van der Waals surface area (Å²) in [5.41, 5.74) is 1.41. The number of Topliss-reactive ketones (excluding diaryl/α,β-unsaturated/α-hetero) is 1. The van der Waals surface area contributed by atoms with E-state index < -0.39 is 0 Å². The van der Waals surface area contributed by atoms with Crippen LogP contribution in [0.1, 0.15) is 10.4 Å². The number of benzene rings is 2. The molecule has 28 heavy (non-hydrogen) atoms. The molecule has 0 fully saturated rings. The van der Waals surface area contributed by atoms with Crippen LogP contribution in [0.25, 0.3) is 11.4 Å². The molecule has 0 aliphatic carbocycles. The van der Waals surface area contributed by atoms with Crippen molar-refractivity contribution in [3.63, 3.8) is 0 Å². The minimum Gasteiger partial charge on any atom is -0.495 e. The van der Waals surface area contributed by atoms with Gasteiger partial charge in [0, 0.05) is 22.7 Å². The Labute approximate surface area is 177 Å². The van der Waals surface area contributed by atoms with E-state index >= 15 is 0 Å². The molecule has 1 aromatic heterocycles. The van der Waals surface area contributed by atoms with Crippen molar-refractivity contribution in [1.29, 1.82) is 0 Å². The third-order valence-electron chi connectivity index (χ3n) is 3.94. The number of nitrogens with zero attached hydrogens (tertiary/aromatic N) is 3. The van der Waals surface area contributed by atoms with E-state index in [4.69, 9.17) is 27.9 Å². The summed E-state index contributed by atoms with van der Waals surface area (Å²) >= 11 is 13.4. The predicted molar refractivity (Wildman–Crippen MR) is 114 cm³/mol. The highest BCUT2D eigenvalue weighted by Gasteiger charge is 2.16. The summed E-state index contributed by atoms with van der Waals surface area (Å²) in [7, 11) is 1.53. The van der Waals surface area contributed by atoms with Gasteiger partial charge in [-0.1, -0.05) is 41.0 Å². The molecule has 1 heterocycles. The molecule has 5 nitrogen and oxygen atoms in total. The van der Waals surface area contributed by atoms with E-state index in [0.29, 0.717) is 38.9 Å². The Bertz CT molecular complexity index is 1000. The fraction of sp³-hybridized carbons (Fsp3) is 0.150. The Morgan fingerprint density at radius 1 is 1.21 bits per heavy atom. The zero-order chi connectivity index (χ0) is 20.1. The fourth-order valence-electron chi connectivity index (χ4n) is 2.55. The molecule has 144 valence electrons. The van der Waals surface area contributed by atoms with E-state index in [1.54, 1.807) is 36.4 Å². The normalized spacial score (nSPS) is 10.7. The van der Waals surface area contributed by atoms with E-state index in [9.17, 15) is 4.79 Å². The highest BCUT2D eigenvalue weighted by atomic mass is 35.5. The first kappa shape index (κ1) is 20.5. The van der Waals surface area contributed by atoms with Crippen LogP contribution in [0.3, 0.4) is 0 Å². The second-order valence-corrected chi connectivity index (χ2v) is 7.56. The molecule has 0 atom stereocenters. The minimum atomic E-state index is -0.0595. The van der Waals surface area contributed by atoms with E-state index in [2.05, 4.69) is 16.8 Å². The van der Waals surface area contributed by atoms with Gasteiger partial charge in [0.15, 0.2) is 16.8 Å². The van der Waals surface area contributed by atoms with Crippen molar-refractivity contribution in [2.45, 2.75) is 11.7 Å². The molecular weight excluding hydrogens is 417 g/mol. The van der Waals surface area contributed by atoms with Gasteiger partial charge in [-0.25, -0.2) is 0 Å². The molecule has 3 rings (SSSR count). The van der Waals surface area contributed by atoms with Crippen molar-refractivity contribution < 1.29 is 9.53 Å². The molecule has 0 N–H and O–H groups in total. The molecule has 3 aromatic rings. The van der Waals surface area contributed by atoms with Crippen LogP contribution in [0.4, 0.5) is 0 Å². The summed E-state index contributed by atoms with van der Waals surface area (Å²) < 4.78 is 7.03. The molecule has 0 saturated heterocycles. The number of thioether (sulfide) groups is 1. The summed E-state index contributed by atoms with van der Waals surface area (Å²) in [6.07, 6.45) is 1.76. The number of hydrogen-bond donors (Lipinski definition) is 0. The summed E-state index contributed by atoms with van der Waals surface area (Å²) in [6, 6.07) is 12.3. The SMILES string of the molecule is C=CCn1c(SCC(=O)c2ccc(OC)c(Cl)c2)nnc1-c1ccc(Cl)cc1. The van der Waals surface area contributed by atoms with Gasteiger partial charge in [-0.15, -0.1) is 16.8 Å². The third-order valence-corrected chi connectivity index (χ3v) is 5.45. The zero-order valence-corrected chi connectivity index (χ0v) is 17.4. The quantitative estimate of drug-likeness (QED) is 0.269. The van der Waals surface area contributed by atoms with Crippen molar-refractivity contribution in [1.82, 2.24) is 14.8 Å². The molecule has 0 saturated carbocycles. The van der Waals surface area contributed by atoms with Gasteiger partial charge in [-0.05, 0) is 42.5 Å². The summed E-state index contributed by atoms with van der Waals surface area (Å²) in [6.45, 7) is 4.32. The maximum Gasteiger partial charge on any atom is 0.192 e. The van der Waals surface area contributed by atoms with Gasteiger partial charge in [0.05, 0.1) is 17.9 Å². The predicted octanol–water partition coefficient (Wildman–Crippen LogP) is 5.42. The lowest BCUT2D eigenvalue weighted by atomic mass is 10.1. The van der Waals surface area contributed by atoms with E-state index in [-0.39, 0.29) is 11.5 Å². The number of ketones is 1. The van der Waals surface area contributed by atoms with Gasteiger partial charge < -0.3 is 4.74 Å². The van der Waals surface area contributed by atoms with Crippen LogP contribution in [0.15, 0.2) is 60.3 Å². The van der Waals surface area contributed by atoms with Crippen LogP contribution < -0.4 is 4.74 Å². The topological polar surface area (TPSA) is 57.0 Å². The van der Waals surface area contributed by atoms with E-state index in [1.807, 2.05) is 16.7 Å². The minimum absolute atomic E-state index is 0.0595. The fourth-order valence-corrected chi connectivity index (χ4v) is 3.78. The number of aromatic nitrogens is 3. The van der Waals surface area contributed by atoms with Crippen LogP contribution >= 0.6 is 35.0 Å². The lowest BCUT2D eigenvalue weighted by Gasteiger charge is -2.08. The molecular formula is C20H17Cl2N3O2S. The average Bonchev–Trinajstić information content (AvgIpc) is 3.09. The highest BCUT2D eigenvalue weighted by molar-refractivity contribution is 7.99. The number of carbonyl (C=O) groups excluding carboxylic acids is 1. The Morgan fingerprint density at radius 2 is 1.96 bits per heavy atom. The smallest absolute Gasteiger partial charge is 0.192 e. The van der Waals surface area contributed by atoms with Gasteiger partial charge in [-0.2, -0.15) is 0 Å². The summed E-state index contributed by atoms with van der Waals surface area (Å²) in [5, 5.41) is 10.2. The van der Waals surface area contributed by atoms with Gasteiger partial charge in [-0.3, -0.25) is 9.36 Å². The van der Waals surface area contributed by atoms with Crippen LogP contribution in [0, 0.1) is 0 Å². The van der Waals surface area contributed by atoms with Gasteiger partial charge in [0.1, 0.15) is 5.75 Å². The van der Waals surface area contributed by atoms with E-state index in [0.717, 1.165) is 5.56 Å². The molecule has 0 spiro atoms. The van der Waals surface area contributed by atoms with Crippen LogP contribution in [-0.2, 0) is 6.54 Å². The highest BCUT2D eigenvalue weighted by Crippen LogP contribution is 2.28. The van der Waals surface area contributed by atoms with Crippen molar-refractivity contribution in [3.8, 4) is 17.1 Å². The molecule has 0 amide bonds. The van der Waals surface area contributed by atoms with E-state index in [1.165, 1.54) is 18.9 Å². The summed E-state index contributed by atoms with van der Waals surface area (Å²) in [5.74, 6) is 1.37. The second kappa shape index (κ2) is 9.28. The molecule has 8 heteroatoms. The second-order valence-electron chi connectivity index (χ2n) is 5.77. The number of ether oxygens (including phenoxy) is 1. The first-order valence-electron chi connectivity index (χ1n) is 8.33. The Morgan fingerprint density at radius 3 is 2.61 bits per heavy atom. The monoisotopic (exact) mass is 433 g/mol. The van der Waals surface area contributed by atoms with Crippen molar-refractivity contribution >= 4 is 40.7 Å². The van der Waals surface area contributed by atoms with Crippen molar-refractivity contribution in [3.05, 3.63) is 70.7 Å². The Balaban J connectivity index is 1.78. The lowest BCUT2D eigenvalue weighted by Crippen LogP contribution is -2.05. The van der Waals surface area contributed by atoms with Crippen LogP contribution in [0.2, 0.25) is 10.0 Å². The number of allylic oxidation sites excluding steroid dienone is 1. The zero-order valence-electron chi connectivity index (χ0n) is 15.1. The maximum absolute atomic E-state index is 12.5. The van der Waals surface area contributed by atoms with Crippen molar-refractivity contribution in [2.75, 3.05) is 12.9 Å². The van der Waals surface area contributed by atoms with Gasteiger partial charge in [0.25, 0.3) is 0 Å². The Kier molecular flexibility index (Phi) is 6.78. The lowest BCUT2D eigenvalue weighted by molar-refractivity contribution is 0.102. The number of halogens is 2. The average molecular weight is 434 g/mol. The van der Waals surface area contributed by atoms with Crippen molar-refractivity contribution in [2.24, 2.45) is 0 Å². The number of hydrogen-bond acceptors (Lipinski definition) is 5. The first-order chi connectivity index (χ1) is 13.5. The summed E-state index contributed by atoms with van der Waals surface area (Å²) in [4.78, 5) is 12.5. The number of rotatable bonds is 8. The largest absolute Gasteiger partial charge is 0.495 e. The van der Waals surface area contributed by atoms with Gasteiger partial charge in [0.2, 0.25) is 0 Å². The van der Waals surface area contributed by atoms with Crippen LogP contribution in [-0.4, -0.2) is 33.4 Å². The number of carbonyl (C=O) groups is 1. The molecule has 0 radical (unpaired) electrons. The molecule has 0 aliphatic rings. The first-order valence-corrected chi connectivity index (χ1v) is 10.1. The van der Waals surface area contributed by atoms with Gasteiger partial charge >= 0.3 is 0 Å².